The van der Waals surface area contributed by atoms with Crippen molar-refractivity contribution >= 4 is 34.6 Å². The Morgan fingerprint density at radius 1 is 1.19 bits per heavy atom. The van der Waals surface area contributed by atoms with E-state index in [-0.39, 0.29) is 42.4 Å². The summed E-state index contributed by atoms with van der Waals surface area (Å²) in [6, 6.07) is 11.8. The zero-order chi connectivity index (χ0) is 25.7. The highest BCUT2D eigenvalue weighted by Gasteiger charge is 2.39. The Bertz CT molecular complexity index is 1590. The van der Waals surface area contributed by atoms with Crippen molar-refractivity contribution in [2.75, 3.05) is 0 Å². The molecule has 0 saturated carbocycles. The smallest absolute Gasteiger partial charge is 0.273 e. The Labute approximate surface area is 210 Å². The summed E-state index contributed by atoms with van der Waals surface area (Å²) in [6.45, 7) is 2.11. The summed E-state index contributed by atoms with van der Waals surface area (Å²) in [5.41, 5.74) is 3.59. The van der Waals surface area contributed by atoms with E-state index in [4.69, 9.17) is 4.42 Å². The Kier molecular flexibility index (Phi) is 5.32. The Balaban J connectivity index is 1.17. The molecule has 0 spiro atoms. The van der Waals surface area contributed by atoms with Crippen LogP contribution in [0.1, 0.15) is 57.8 Å². The number of amides is 4. The van der Waals surface area contributed by atoms with E-state index in [2.05, 4.69) is 20.9 Å². The van der Waals surface area contributed by atoms with Crippen molar-refractivity contribution in [1.29, 1.82) is 0 Å². The number of benzene rings is 2. The molecule has 2 unspecified atom stereocenters. The maximum Gasteiger partial charge on any atom is 0.273 e. The molecule has 0 aliphatic carbocycles. The second-order valence-electron chi connectivity index (χ2n) is 9.17. The van der Waals surface area contributed by atoms with E-state index in [0.29, 0.717) is 17.7 Å². The fourth-order valence-corrected chi connectivity index (χ4v) is 4.88. The normalized spacial score (nSPS) is 18.1. The predicted octanol–water partition coefficient (Wildman–Crippen LogP) is 2.27. The number of hydrogen-bond acceptors (Lipinski definition) is 7. The molecule has 6 rings (SSSR count). The molecule has 2 atom stereocenters. The van der Waals surface area contributed by atoms with Gasteiger partial charge in [0.25, 0.3) is 11.8 Å². The number of piperidine rings is 1. The van der Waals surface area contributed by atoms with Crippen molar-refractivity contribution < 1.29 is 23.6 Å². The van der Waals surface area contributed by atoms with Gasteiger partial charge in [-0.05, 0) is 43.2 Å². The van der Waals surface area contributed by atoms with Crippen LogP contribution in [0.25, 0.3) is 16.7 Å². The van der Waals surface area contributed by atoms with E-state index in [0.717, 1.165) is 22.1 Å². The van der Waals surface area contributed by atoms with Crippen molar-refractivity contribution in [3.05, 3.63) is 77.3 Å². The number of aromatic nitrogens is 3. The molecule has 1 fully saturated rings. The minimum atomic E-state index is -0.683. The molecule has 4 amide bonds. The van der Waals surface area contributed by atoms with Crippen LogP contribution in [0.3, 0.4) is 0 Å². The van der Waals surface area contributed by atoms with Gasteiger partial charge in [0.05, 0.1) is 24.2 Å². The van der Waals surface area contributed by atoms with E-state index < -0.39 is 11.9 Å². The van der Waals surface area contributed by atoms with Gasteiger partial charge in [-0.15, -0.1) is 5.10 Å². The molecule has 2 aromatic carbocycles. The van der Waals surface area contributed by atoms with Crippen molar-refractivity contribution in [2.24, 2.45) is 0 Å². The van der Waals surface area contributed by atoms with Crippen LogP contribution >= 0.6 is 0 Å². The van der Waals surface area contributed by atoms with Gasteiger partial charge in [0, 0.05) is 29.5 Å². The molecule has 2 aliphatic rings. The van der Waals surface area contributed by atoms with Gasteiger partial charge < -0.3 is 14.6 Å². The lowest BCUT2D eigenvalue weighted by atomic mass is 10.0. The number of imide groups is 1. The van der Waals surface area contributed by atoms with E-state index in [1.54, 1.807) is 24.5 Å². The number of carbonyl (C=O) groups is 4. The number of rotatable bonds is 5. The molecular weight excluding hydrogens is 476 g/mol. The summed E-state index contributed by atoms with van der Waals surface area (Å²) >= 11 is 0. The number of fused-ring (bicyclic) bond motifs is 2. The van der Waals surface area contributed by atoms with Gasteiger partial charge in [-0.3, -0.25) is 24.5 Å². The average molecular weight is 498 g/mol. The van der Waals surface area contributed by atoms with Crippen molar-refractivity contribution in [2.45, 2.75) is 38.4 Å². The highest BCUT2D eigenvalue weighted by Crippen LogP contribution is 2.29. The number of nitrogens with zero attached hydrogens (tertiary/aromatic N) is 4. The van der Waals surface area contributed by atoms with Crippen molar-refractivity contribution in [3.63, 3.8) is 0 Å². The molecule has 0 radical (unpaired) electrons. The molecule has 2 aromatic heterocycles. The molecule has 11 heteroatoms. The van der Waals surface area contributed by atoms with Gasteiger partial charge in [-0.2, -0.15) is 0 Å². The number of carbonyl (C=O) groups excluding carboxylic acids is 4. The highest BCUT2D eigenvalue weighted by molar-refractivity contribution is 6.05. The zero-order valence-corrected chi connectivity index (χ0v) is 19.8. The second kappa shape index (κ2) is 8.70. The molecule has 2 N–H and O–H groups in total. The van der Waals surface area contributed by atoms with Crippen LogP contribution in [0, 0.1) is 0 Å². The minimum Gasteiger partial charge on any atom is -0.464 e. The first-order valence-electron chi connectivity index (χ1n) is 11.9. The molecular formula is C26H22N6O5. The van der Waals surface area contributed by atoms with Gasteiger partial charge in [-0.1, -0.05) is 23.4 Å². The standard InChI is InChI=1S/C26H22N6O5/c1-14(19-13-37-22-5-3-2-4-18(19)22)27-24(34)20-12-32(30-29-20)16-6-7-17-15(10-16)11-31(26(17)36)21-8-9-23(33)28-25(21)35/h2-7,10,12-14,21H,8-9,11H2,1H3,(H,27,34)(H,28,33,35). The van der Waals surface area contributed by atoms with Gasteiger partial charge in [0.2, 0.25) is 11.8 Å². The lowest BCUT2D eigenvalue weighted by molar-refractivity contribution is -0.136. The SMILES string of the molecule is CC(NC(=O)c1cn(-c2ccc3c(c2)CN(C2CCC(=O)NC2=O)C3=O)nn1)c1coc2ccccc12. The molecule has 186 valence electrons. The van der Waals surface area contributed by atoms with E-state index in [9.17, 15) is 19.2 Å². The van der Waals surface area contributed by atoms with Crippen LogP contribution in [-0.2, 0) is 16.1 Å². The van der Waals surface area contributed by atoms with Gasteiger partial charge in [0.15, 0.2) is 5.69 Å². The third-order valence-electron chi connectivity index (χ3n) is 6.82. The van der Waals surface area contributed by atoms with Gasteiger partial charge >= 0.3 is 0 Å². The number of furan rings is 1. The molecule has 37 heavy (non-hydrogen) atoms. The molecule has 0 bridgehead atoms. The van der Waals surface area contributed by atoms with Crippen molar-refractivity contribution in [1.82, 2.24) is 30.5 Å². The molecule has 4 heterocycles. The number of nitrogens with one attached hydrogen (secondary N) is 2. The van der Waals surface area contributed by atoms with Gasteiger partial charge in [0.1, 0.15) is 11.6 Å². The van der Waals surface area contributed by atoms with E-state index >= 15 is 0 Å². The number of hydrogen-bond donors (Lipinski definition) is 2. The summed E-state index contributed by atoms with van der Waals surface area (Å²) in [6.07, 6.45) is 3.65. The summed E-state index contributed by atoms with van der Waals surface area (Å²) < 4.78 is 7.04. The first-order valence-corrected chi connectivity index (χ1v) is 11.9. The Hall–Kier alpha value is -4.80. The molecule has 2 aliphatic heterocycles. The minimum absolute atomic E-state index is 0.140. The Morgan fingerprint density at radius 2 is 2.03 bits per heavy atom. The van der Waals surface area contributed by atoms with Gasteiger partial charge in [-0.25, -0.2) is 4.68 Å². The monoisotopic (exact) mass is 498 g/mol. The topological polar surface area (TPSA) is 139 Å². The maximum absolute atomic E-state index is 12.9. The fourth-order valence-electron chi connectivity index (χ4n) is 4.88. The van der Waals surface area contributed by atoms with Crippen LogP contribution in [0.2, 0.25) is 0 Å². The van der Waals surface area contributed by atoms with Crippen LogP contribution in [0.5, 0.6) is 0 Å². The van der Waals surface area contributed by atoms with Crippen LogP contribution < -0.4 is 10.6 Å². The molecule has 1 saturated heterocycles. The van der Waals surface area contributed by atoms with Crippen LogP contribution in [0.15, 0.2) is 59.3 Å². The first-order chi connectivity index (χ1) is 17.9. The van der Waals surface area contributed by atoms with Crippen molar-refractivity contribution in [3.8, 4) is 5.69 Å². The largest absolute Gasteiger partial charge is 0.464 e. The zero-order valence-electron chi connectivity index (χ0n) is 19.8. The predicted molar refractivity (Wildman–Crippen MR) is 129 cm³/mol. The van der Waals surface area contributed by atoms with Crippen LogP contribution in [0.4, 0.5) is 0 Å². The van der Waals surface area contributed by atoms with E-state index in [1.165, 1.54) is 15.8 Å². The fraction of sp³-hybridized carbons (Fsp3) is 0.231. The third-order valence-corrected chi connectivity index (χ3v) is 6.82. The highest BCUT2D eigenvalue weighted by atomic mass is 16.3. The lowest BCUT2D eigenvalue weighted by Gasteiger charge is -2.29. The second-order valence-corrected chi connectivity index (χ2v) is 9.17. The Morgan fingerprint density at radius 3 is 2.86 bits per heavy atom. The maximum atomic E-state index is 12.9. The van der Waals surface area contributed by atoms with E-state index in [1.807, 2.05) is 31.2 Å². The number of para-hydroxylation sites is 1. The summed E-state index contributed by atoms with van der Waals surface area (Å²) in [5, 5.41) is 14.3. The quantitative estimate of drug-likeness (QED) is 0.402. The lowest BCUT2D eigenvalue weighted by Crippen LogP contribution is -2.52. The average Bonchev–Trinajstić information content (AvgIpc) is 3.61. The van der Waals surface area contributed by atoms with Crippen LogP contribution in [-0.4, -0.2) is 49.6 Å². The summed E-state index contributed by atoms with van der Waals surface area (Å²) in [4.78, 5) is 51.0. The molecule has 4 aromatic rings. The third kappa shape index (κ3) is 3.94. The first kappa shape index (κ1) is 22.7. The molecule has 11 nitrogen and oxygen atoms in total. The summed E-state index contributed by atoms with van der Waals surface area (Å²) in [7, 11) is 0. The summed E-state index contributed by atoms with van der Waals surface area (Å²) in [5.74, 6) is -1.42.